The highest BCUT2D eigenvalue weighted by molar-refractivity contribution is 6.47. The van der Waals surface area contributed by atoms with E-state index in [2.05, 4.69) is 9.99 Å². The van der Waals surface area contributed by atoms with E-state index in [-0.39, 0.29) is 18.9 Å². The monoisotopic (exact) mass is 269 g/mol. The number of halogens is 1. The molecule has 0 spiro atoms. The Morgan fingerprint density at radius 2 is 2.28 bits per heavy atom. The molecule has 1 aliphatic rings. The molecular weight excluding hydrogens is 262 g/mol. The van der Waals surface area contributed by atoms with Crippen molar-refractivity contribution in [2.24, 2.45) is 5.16 Å². The van der Waals surface area contributed by atoms with Crippen molar-refractivity contribution < 1.29 is 24.3 Å². The van der Waals surface area contributed by atoms with Crippen LogP contribution < -0.4 is 4.74 Å². The van der Waals surface area contributed by atoms with Gasteiger partial charge in [0.1, 0.15) is 12.4 Å². The topological polar surface area (TPSA) is 85.2 Å². The number of ketones is 1. The van der Waals surface area contributed by atoms with Gasteiger partial charge in [-0.15, -0.1) is 0 Å². The van der Waals surface area contributed by atoms with Crippen molar-refractivity contribution in [1.82, 2.24) is 0 Å². The van der Waals surface area contributed by atoms with Gasteiger partial charge in [0.15, 0.2) is 0 Å². The first-order valence-corrected chi connectivity index (χ1v) is 5.39. The molecule has 0 saturated heterocycles. The summed E-state index contributed by atoms with van der Waals surface area (Å²) in [5.41, 5.74) is 0.308. The molecule has 0 unspecified atom stereocenters. The SMILES string of the molecule is O=C(O)CCON=C1Oc2ccc(Cl)cc2C1=O. The van der Waals surface area contributed by atoms with Crippen molar-refractivity contribution >= 4 is 29.3 Å². The maximum Gasteiger partial charge on any atom is 0.306 e. The third-order valence-corrected chi connectivity index (χ3v) is 2.38. The van der Waals surface area contributed by atoms with Crippen LogP contribution in [-0.2, 0) is 9.63 Å². The Balaban J connectivity index is 2.04. The van der Waals surface area contributed by atoms with E-state index in [0.29, 0.717) is 16.3 Å². The second kappa shape index (κ2) is 5.05. The molecule has 1 aliphatic heterocycles. The molecule has 0 fully saturated rings. The third kappa shape index (κ3) is 2.60. The van der Waals surface area contributed by atoms with Gasteiger partial charge in [0.2, 0.25) is 0 Å². The first-order valence-electron chi connectivity index (χ1n) is 5.02. The predicted molar refractivity (Wildman–Crippen MR) is 62.1 cm³/mol. The molecule has 7 heteroatoms. The van der Waals surface area contributed by atoms with Crippen LogP contribution in [0.25, 0.3) is 0 Å². The summed E-state index contributed by atoms with van der Waals surface area (Å²) in [6, 6.07) is 4.61. The van der Waals surface area contributed by atoms with Crippen LogP contribution >= 0.6 is 11.6 Å². The highest BCUT2D eigenvalue weighted by atomic mass is 35.5. The van der Waals surface area contributed by atoms with E-state index >= 15 is 0 Å². The summed E-state index contributed by atoms with van der Waals surface area (Å²) in [5.74, 6) is -1.32. The van der Waals surface area contributed by atoms with Gasteiger partial charge in [0, 0.05) is 5.02 Å². The molecule has 0 atom stereocenters. The zero-order chi connectivity index (χ0) is 13.1. The summed E-state index contributed by atoms with van der Waals surface area (Å²) < 4.78 is 5.15. The van der Waals surface area contributed by atoms with Crippen molar-refractivity contribution in [2.75, 3.05) is 6.61 Å². The largest absolute Gasteiger partial charge is 0.481 e. The molecule has 1 aromatic rings. The molecular formula is C11H8ClNO5. The molecule has 18 heavy (non-hydrogen) atoms. The zero-order valence-corrected chi connectivity index (χ0v) is 9.81. The van der Waals surface area contributed by atoms with Crippen LogP contribution in [-0.4, -0.2) is 29.4 Å². The minimum Gasteiger partial charge on any atom is -0.481 e. The smallest absolute Gasteiger partial charge is 0.306 e. The van der Waals surface area contributed by atoms with Crippen LogP contribution in [0, 0.1) is 0 Å². The molecule has 1 N–H and O–H groups in total. The predicted octanol–water partition coefficient (Wildman–Crippen LogP) is 1.72. The van der Waals surface area contributed by atoms with Gasteiger partial charge in [0.25, 0.3) is 5.78 Å². The highest BCUT2D eigenvalue weighted by Gasteiger charge is 2.29. The maximum atomic E-state index is 11.8. The molecule has 0 aliphatic carbocycles. The average molecular weight is 270 g/mol. The Bertz CT molecular complexity index is 540. The van der Waals surface area contributed by atoms with Gasteiger partial charge >= 0.3 is 11.9 Å². The number of carboxylic acid groups (broad SMARTS) is 1. The van der Waals surface area contributed by atoms with Crippen molar-refractivity contribution in [3.05, 3.63) is 28.8 Å². The van der Waals surface area contributed by atoms with E-state index in [1.165, 1.54) is 6.07 Å². The number of benzene rings is 1. The Morgan fingerprint density at radius 3 is 3.00 bits per heavy atom. The Kier molecular flexibility index (Phi) is 3.47. The number of ether oxygens (including phenoxy) is 1. The van der Waals surface area contributed by atoms with Gasteiger partial charge in [-0.2, -0.15) is 0 Å². The Labute approximate surface area is 107 Å². The van der Waals surface area contributed by atoms with Crippen molar-refractivity contribution in [1.29, 1.82) is 0 Å². The summed E-state index contributed by atoms with van der Waals surface area (Å²) in [6.07, 6.45) is -0.205. The minimum absolute atomic E-state index is 0.132. The Hall–Kier alpha value is -2.08. The molecule has 0 amide bonds. The van der Waals surface area contributed by atoms with Gasteiger partial charge in [-0.25, -0.2) is 0 Å². The number of hydrogen-bond donors (Lipinski definition) is 1. The van der Waals surface area contributed by atoms with Crippen LogP contribution in [0.5, 0.6) is 5.75 Å². The van der Waals surface area contributed by atoms with Crippen molar-refractivity contribution in [3.8, 4) is 5.75 Å². The normalized spacial score (nSPS) is 15.4. The number of hydrogen-bond acceptors (Lipinski definition) is 5. The number of rotatable bonds is 4. The fourth-order valence-electron chi connectivity index (χ4n) is 1.33. The lowest BCUT2D eigenvalue weighted by Crippen LogP contribution is -2.13. The van der Waals surface area contributed by atoms with Crippen LogP contribution in [0.2, 0.25) is 5.02 Å². The van der Waals surface area contributed by atoms with Gasteiger partial charge < -0.3 is 14.7 Å². The van der Waals surface area contributed by atoms with Crippen LogP contribution in [0.1, 0.15) is 16.8 Å². The van der Waals surface area contributed by atoms with E-state index in [1.807, 2.05) is 0 Å². The molecule has 94 valence electrons. The molecule has 1 heterocycles. The van der Waals surface area contributed by atoms with Gasteiger partial charge in [0.05, 0.1) is 12.0 Å². The van der Waals surface area contributed by atoms with E-state index < -0.39 is 11.8 Å². The van der Waals surface area contributed by atoms with Gasteiger partial charge in [-0.1, -0.05) is 11.6 Å². The number of Topliss-reactive ketones (excluding diaryl/α,β-unsaturated/α-hetero) is 1. The fourth-order valence-corrected chi connectivity index (χ4v) is 1.50. The summed E-state index contributed by atoms with van der Waals surface area (Å²) in [6.45, 7) is -0.132. The first kappa shape index (κ1) is 12.4. The van der Waals surface area contributed by atoms with Crippen LogP contribution in [0.3, 0.4) is 0 Å². The number of carboxylic acids is 1. The number of oxime groups is 1. The summed E-state index contributed by atoms with van der Waals surface area (Å²) in [7, 11) is 0. The number of carbonyl (C=O) groups is 2. The number of aliphatic carboxylic acids is 1. The summed E-state index contributed by atoms with van der Waals surface area (Å²) in [5, 5.41) is 12.3. The Morgan fingerprint density at radius 1 is 1.50 bits per heavy atom. The average Bonchev–Trinajstić information content (AvgIpc) is 2.62. The molecule has 0 bridgehead atoms. The molecule has 0 radical (unpaired) electrons. The molecule has 2 rings (SSSR count). The molecule has 1 aromatic carbocycles. The van der Waals surface area contributed by atoms with Crippen LogP contribution in [0.4, 0.5) is 0 Å². The minimum atomic E-state index is -1.01. The number of carbonyl (C=O) groups excluding carboxylic acids is 1. The maximum absolute atomic E-state index is 11.8. The fraction of sp³-hybridized carbons (Fsp3) is 0.182. The summed E-state index contributed by atoms with van der Waals surface area (Å²) in [4.78, 5) is 26.7. The van der Waals surface area contributed by atoms with E-state index in [4.69, 9.17) is 21.4 Å². The second-order valence-corrected chi connectivity index (χ2v) is 3.88. The molecule has 0 aromatic heterocycles. The van der Waals surface area contributed by atoms with Crippen LogP contribution in [0.15, 0.2) is 23.4 Å². The van der Waals surface area contributed by atoms with E-state index in [9.17, 15) is 9.59 Å². The lowest BCUT2D eigenvalue weighted by atomic mass is 10.1. The van der Waals surface area contributed by atoms with Crippen molar-refractivity contribution in [2.45, 2.75) is 6.42 Å². The number of nitrogens with zero attached hydrogens (tertiary/aromatic N) is 1. The third-order valence-electron chi connectivity index (χ3n) is 2.14. The van der Waals surface area contributed by atoms with Gasteiger partial charge in [-0.3, -0.25) is 9.59 Å². The standard InChI is InChI=1S/C11H8ClNO5/c12-6-1-2-8-7(5-6)10(16)11(18-8)13-17-4-3-9(14)15/h1-2,5H,3-4H2,(H,14,15). The summed E-state index contributed by atoms with van der Waals surface area (Å²) >= 11 is 5.75. The first-order chi connectivity index (χ1) is 8.58. The number of fused-ring (bicyclic) bond motifs is 1. The second-order valence-electron chi connectivity index (χ2n) is 3.45. The highest BCUT2D eigenvalue weighted by Crippen LogP contribution is 2.29. The van der Waals surface area contributed by atoms with Crippen molar-refractivity contribution in [3.63, 3.8) is 0 Å². The lowest BCUT2D eigenvalue weighted by molar-refractivity contribution is -0.138. The zero-order valence-electron chi connectivity index (χ0n) is 9.05. The van der Waals surface area contributed by atoms with E-state index in [0.717, 1.165) is 0 Å². The molecule has 6 nitrogen and oxygen atoms in total. The quantitative estimate of drug-likeness (QED) is 0.664. The molecule has 0 saturated carbocycles. The lowest BCUT2D eigenvalue weighted by Gasteiger charge is -1.97. The van der Waals surface area contributed by atoms with Gasteiger partial charge in [-0.05, 0) is 23.4 Å². The van der Waals surface area contributed by atoms with E-state index in [1.54, 1.807) is 12.1 Å².